The van der Waals surface area contributed by atoms with Crippen molar-refractivity contribution in [2.75, 3.05) is 0 Å². The van der Waals surface area contributed by atoms with Gasteiger partial charge in [-0.1, -0.05) is 11.6 Å². The highest BCUT2D eigenvalue weighted by molar-refractivity contribution is 6.29. The SMILES string of the molecule is O=c1[nH]c(Cl)cc(C(F)F)c1F. The lowest BCUT2D eigenvalue weighted by Gasteiger charge is -2.00. The molecule has 0 saturated carbocycles. The Bertz CT molecular complexity index is 349. The first kappa shape index (κ1) is 9.12. The first-order valence-electron chi connectivity index (χ1n) is 2.88. The number of nitrogens with one attached hydrogen (secondary N) is 1. The molecule has 0 unspecified atom stereocenters. The second kappa shape index (κ2) is 3.18. The van der Waals surface area contributed by atoms with Gasteiger partial charge in [-0.2, -0.15) is 0 Å². The fourth-order valence-electron chi connectivity index (χ4n) is 0.689. The van der Waals surface area contributed by atoms with Crippen LogP contribution in [0.3, 0.4) is 0 Å². The molecule has 1 N–H and O–H groups in total. The number of pyridine rings is 1. The molecule has 0 aliphatic rings. The standard InChI is InChI=1S/C6H3ClF3NO/c7-3-1-2(5(9)10)4(8)6(12)11-3/h1,5H,(H,11,12). The Labute approximate surface area is 70.0 Å². The normalized spacial score (nSPS) is 10.8. The maximum atomic E-state index is 12.6. The lowest BCUT2D eigenvalue weighted by Crippen LogP contribution is -2.13. The van der Waals surface area contributed by atoms with E-state index in [1.54, 1.807) is 0 Å². The molecule has 6 heteroatoms. The van der Waals surface area contributed by atoms with Gasteiger partial charge in [0.25, 0.3) is 12.0 Å². The highest BCUT2D eigenvalue weighted by Gasteiger charge is 2.16. The maximum Gasteiger partial charge on any atom is 0.285 e. The van der Waals surface area contributed by atoms with Gasteiger partial charge >= 0.3 is 0 Å². The third kappa shape index (κ3) is 1.61. The second-order valence-corrected chi connectivity index (χ2v) is 2.42. The summed E-state index contributed by atoms with van der Waals surface area (Å²) in [6.45, 7) is 0. The van der Waals surface area contributed by atoms with Crippen molar-refractivity contribution in [2.45, 2.75) is 6.43 Å². The fourth-order valence-corrected chi connectivity index (χ4v) is 0.893. The molecule has 12 heavy (non-hydrogen) atoms. The van der Waals surface area contributed by atoms with Gasteiger partial charge in [0.05, 0.1) is 5.56 Å². The van der Waals surface area contributed by atoms with E-state index in [2.05, 4.69) is 0 Å². The quantitative estimate of drug-likeness (QED) is 0.687. The van der Waals surface area contributed by atoms with Crippen LogP contribution in [0.2, 0.25) is 5.15 Å². The van der Waals surface area contributed by atoms with Crippen LogP contribution in [0, 0.1) is 5.82 Å². The number of rotatable bonds is 1. The molecular weight excluding hydrogens is 195 g/mol. The summed E-state index contributed by atoms with van der Waals surface area (Å²) in [6, 6.07) is 0.683. The molecule has 0 radical (unpaired) electrons. The van der Waals surface area contributed by atoms with Gasteiger partial charge in [0.15, 0.2) is 5.82 Å². The molecule has 0 aliphatic carbocycles. The molecule has 0 fully saturated rings. The Morgan fingerprint density at radius 3 is 2.58 bits per heavy atom. The first-order valence-corrected chi connectivity index (χ1v) is 3.26. The van der Waals surface area contributed by atoms with Gasteiger partial charge in [-0.25, -0.2) is 13.2 Å². The number of alkyl halides is 2. The summed E-state index contributed by atoms with van der Waals surface area (Å²) in [6.07, 6.45) is -3.04. The molecule has 0 aliphatic heterocycles. The van der Waals surface area contributed by atoms with Crippen molar-refractivity contribution in [1.29, 1.82) is 0 Å². The minimum atomic E-state index is -3.04. The van der Waals surface area contributed by atoms with Gasteiger partial charge in [0, 0.05) is 0 Å². The van der Waals surface area contributed by atoms with Gasteiger partial charge < -0.3 is 4.98 Å². The lowest BCUT2D eigenvalue weighted by molar-refractivity contribution is 0.146. The predicted octanol–water partition coefficient (Wildman–Crippen LogP) is 2.10. The number of hydrogen-bond acceptors (Lipinski definition) is 1. The molecule has 1 heterocycles. The van der Waals surface area contributed by atoms with E-state index >= 15 is 0 Å². The largest absolute Gasteiger partial charge is 0.310 e. The summed E-state index contributed by atoms with van der Waals surface area (Å²) in [5.41, 5.74) is -2.22. The van der Waals surface area contributed by atoms with E-state index in [9.17, 15) is 18.0 Å². The molecule has 0 amide bonds. The summed E-state index contributed by atoms with van der Waals surface area (Å²) in [7, 11) is 0. The minimum Gasteiger partial charge on any atom is -0.310 e. The zero-order chi connectivity index (χ0) is 9.30. The molecule has 0 saturated heterocycles. The van der Waals surface area contributed by atoms with Crippen molar-refractivity contribution in [1.82, 2.24) is 4.98 Å². The van der Waals surface area contributed by atoms with Crippen LogP contribution in [0.4, 0.5) is 13.2 Å². The van der Waals surface area contributed by atoms with Crippen LogP contribution in [0.5, 0.6) is 0 Å². The van der Waals surface area contributed by atoms with E-state index in [1.807, 2.05) is 4.98 Å². The van der Waals surface area contributed by atoms with Crippen LogP contribution in [0.1, 0.15) is 12.0 Å². The molecule has 66 valence electrons. The van der Waals surface area contributed by atoms with Crippen LogP contribution in [-0.2, 0) is 0 Å². The number of aromatic amines is 1. The molecule has 0 bridgehead atoms. The Morgan fingerprint density at radius 1 is 1.50 bits per heavy atom. The van der Waals surface area contributed by atoms with Gasteiger partial charge in [0.2, 0.25) is 0 Å². The summed E-state index contributed by atoms with van der Waals surface area (Å²) >= 11 is 5.21. The lowest BCUT2D eigenvalue weighted by atomic mass is 10.3. The van der Waals surface area contributed by atoms with Crippen LogP contribution in [0.15, 0.2) is 10.9 Å². The van der Waals surface area contributed by atoms with Crippen molar-refractivity contribution in [2.24, 2.45) is 0 Å². The monoisotopic (exact) mass is 197 g/mol. The van der Waals surface area contributed by atoms with E-state index < -0.39 is 23.4 Å². The van der Waals surface area contributed by atoms with Gasteiger partial charge in [-0.3, -0.25) is 4.79 Å². The van der Waals surface area contributed by atoms with E-state index in [0.717, 1.165) is 0 Å². The summed E-state index contributed by atoms with van der Waals surface area (Å²) in [4.78, 5) is 12.4. The van der Waals surface area contributed by atoms with Gasteiger partial charge in [-0.05, 0) is 6.07 Å². The topological polar surface area (TPSA) is 32.9 Å². The fraction of sp³-hybridized carbons (Fsp3) is 0.167. The van der Waals surface area contributed by atoms with Crippen molar-refractivity contribution in [3.05, 3.63) is 33.0 Å². The van der Waals surface area contributed by atoms with Crippen molar-refractivity contribution in [3.63, 3.8) is 0 Å². The van der Waals surface area contributed by atoms with Gasteiger partial charge in [0.1, 0.15) is 5.15 Å². The van der Waals surface area contributed by atoms with E-state index in [-0.39, 0.29) is 5.15 Å². The highest BCUT2D eigenvalue weighted by atomic mass is 35.5. The Kier molecular flexibility index (Phi) is 2.42. The zero-order valence-corrected chi connectivity index (χ0v) is 6.33. The average Bonchev–Trinajstić information content (AvgIpc) is 1.96. The highest BCUT2D eigenvalue weighted by Crippen LogP contribution is 2.21. The van der Waals surface area contributed by atoms with Crippen LogP contribution in [-0.4, -0.2) is 4.98 Å². The molecule has 1 rings (SSSR count). The Morgan fingerprint density at radius 2 is 2.08 bits per heavy atom. The number of halogens is 4. The number of aromatic nitrogens is 1. The molecule has 2 nitrogen and oxygen atoms in total. The average molecular weight is 198 g/mol. The molecular formula is C6H3ClF3NO. The van der Waals surface area contributed by atoms with E-state index in [0.29, 0.717) is 6.07 Å². The molecule has 0 spiro atoms. The maximum absolute atomic E-state index is 12.6. The zero-order valence-electron chi connectivity index (χ0n) is 5.57. The smallest absolute Gasteiger partial charge is 0.285 e. The second-order valence-electron chi connectivity index (χ2n) is 2.02. The summed E-state index contributed by atoms with van der Waals surface area (Å²) < 4.78 is 36.4. The van der Waals surface area contributed by atoms with E-state index in [1.165, 1.54) is 0 Å². The third-order valence-corrected chi connectivity index (χ3v) is 1.41. The molecule has 1 aromatic rings. The van der Waals surface area contributed by atoms with Crippen LogP contribution < -0.4 is 5.56 Å². The van der Waals surface area contributed by atoms with Crippen molar-refractivity contribution in [3.8, 4) is 0 Å². The number of H-pyrrole nitrogens is 1. The predicted molar refractivity (Wildman–Crippen MR) is 37.0 cm³/mol. The molecule has 0 atom stereocenters. The summed E-state index contributed by atoms with van der Waals surface area (Å²) in [5, 5.41) is -0.309. The molecule has 0 aromatic carbocycles. The Hall–Kier alpha value is -0.970. The first-order chi connectivity index (χ1) is 5.52. The summed E-state index contributed by atoms with van der Waals surface area (Å²) in [5.74, 6) is -1.49. The minimum absolute atomic E-state index is 0.309. The Balaban J connectivity index is 3.38. The van der Waals surface area contributed by atoms with Crippen LogP contribution in [0.25, 0.3) is 0 Å². The third-order valence-electron chi connectivity index (χ3n) is 1.20. The van der Waals surface area contributed by atoms with Crippen LogP contribution >= 0.6 is 11.6 Å². The van der Waals surface area contributed by atoms with Crippen molar-refractivity contribution < 1.29 is 13.2 Å². The number of hydrogen-bond donors (Lipinski definition) is 1. The van der Waals surface area contributed by atoms with Gasteiger partial charge in [-0.15, -0.1) is 0 Å². The molecule has 1 aromatic heterocycles. The van der Waals surface area contributed by atoms with Crippen molar-refractivity contribution >= 4 is 11.6 Å². The van der Waals surface area contributed by atoms with E-state index in [4.69, 9.17) is 11.6 Å².